The Bertz CT molecular complexity index is 528. The molecule has 0 unspecified atom stereocenters. The quantitative estimate of drug-likeness (QED) is 0.836. The van der Waals surface area contributed by atoms with E-state index in [0.717, 1.165) is 11.3 Å². The number of anilines is 1. The number of nitrogens with one attached hydrogen (secondary N) is 1. The molecule has 1 saturated heterocycles. The third-order valence-electron chi connectivity index (χ3n) is 3.34. The molecule has 20 heavy (non-hydrogen) atoms. The van der Waals surface area contributed by atoms with E-state index in [2.05, 4.69) is 5.32 Å². The van der Waals surface area contributed by atoms with Crippen molar-refractivity contribution in [1.29, 1.82) is 0 Å². The summed E-state index contributed by atoms with van der Waals surface area (Å²) in [7, 11) is 0. The van der Waals surface area contributed by atoms with E-state index in [-0.39, 0.29) is 19.1 Å². The molecule has 3 amide bonds. The van der Waals surface area contributed by atoms with E-state index in [0.29, 0.717) is 32.2 Å². The standard InChI is InChI=1S/C15H18N2O3.H2/c1-2-13(18)16-12-6-3-11(4-7-12)5-8-14(19)17-10-9-15(17)20;/h3-4,6-7H,2,5,8-10H2,1H3,(H,16,18);1H. The fraction of sp³-hybridized carbons (Fsp3) is 0.400. The summed E-state index contributed by atoms with van der Waals surface area (Å²) in [5.41, 5.74) is 1.77. The van der Waals surface area contributed by atoms with Gasteiger partial charge in [0.2, 0.25) is 17.7 Å². The number of aryl methyl sites for hydroxylation is 1. The summed E-state index contributed by atoms with van der Waals surface area (Å²) in [6.07, 6.45) is 1.87. The van der Waals surface area contributed by atoms with Gasteiger partial charge in [-0.3, -0.25) is 19.3 Å². The second-order valence-electron chi connectivity index (χ2n) is 4.79. The molecule has 0 bridgehead atoms. The fourth-order valence-corrected chi connectivity index (χ4v) is 1.97. The zero-order valence-corrected chi connectivity index (χ0v) is 11.5. The Morgan fingerprint density at radius 1 is 1.30 bits per heavy atom. The summed E-state index contributed by atoms with van der Waals surface area (Å²) in [4.78, 5) is 35.4. The van der Waals surface area contributed by atoms with Crippen LogP contribution in [0.5, 0.6) is 0 Å². The van der Waals surface area contributed by atoms with Crippen LogP contribution < -0.4 is 5.32 Å². The number of nitrogens with zero attached hydrogens (tertiary/aromatic N) is 1. The summed E-state index contributed by atoms with van der Waals surface area (Å²) in [5, 5.41) is 2.77. The largest absolute Gasteiger partial charge is 0.326 e. The van der Waals surface area contributed by atoms with Crippen molar-refractivity contribution in [1.82, 2.24) is 4.90 Å². The number of amides is 3. The number of rotatable bonds is 5. The van der Waals surface area contributed by atoms with Crippen molar-refractivity contribution in [2.45, 2.75) is 32.6 Å². The second kappa shape index (κ2) is 6.32. The predicted molar refractivity (Wildman–Crippen MR) is 77.1 cm³/mol. The van der Waals surface area contributed by atoms with Crippen molar-refractivity contribution in [2.24, 2.45) is 0 Å². The normalized spacial score (nSPS) is 13.8. The maximum Gasteiger partial charge on any atom is 0.230 e. The first-order chi connectivity index (χ1) is 9.60. The summed E-state index contributed by atoms with van der Waals surface area (Å²) < 4.78 is 0. The van der Waals surface area contributed by atoms with Crippen LogP contribution in [0.15, 0.2) is 24.3 Å². The molecule has 1 aliphatic rings. The molecule has 108 valence electrons. The highest BCUT2D eigenvalue weighted by atomic mass is 16.2. The van der Waals surface area contributed by atoms with Crippen LogP contribution in [-0.2, 0) is 20.8 Å². The van der Waals surface area contributed by atoms with E-state index in [1.807, 2.05) is 24.3 Å². The third kappa shape index (κ3) is 3.44. The van der Waals surface area contributed by atoms with Gasteiger partial charge in [-0.25, -0.2) is 0 Å². The summed E-state index contributed by atoms with van der Waals surface area (Å²) in [6, 6.07) is 7.41. The Morgan fingerprint density at radius 2 is 2.00 bits per heavy atom. The van der Waals surface area contributed by atoms with E-state index in [4.69, 9.17) is 0 Å². The predicted octanol–water partition coefficient (Wildman–Crippen LogP) is 1.97. The van der Waals surface area contributed by atoms with E-state index in [1.54, 1.807) is 6.92 Å². The molecule has 5 nitrogen and oxygen atoms in total. The lowest BCUT2D eigenvalue weighted by atomic mass is 10.1. The number of β-lactam (4-membered cyclic amide) rings is 1. The number of likely N-dealkylation sites (tertiary alicyclic amines) is 1. The van der Waals surface area contributed by atoms with Gasteiger partial charge in [-0.2, -0.15) is 0 Å². The maximum atomic E-state index is 11.7. The van der Waals surface area contributed by atoms with E-state index >= 15 is 0 Å². The molecule has 0 radical (unpaired) electrons. The SMILES string of the molecule is CCC(=O)Nc1ccc(CCC(=O)N2CCC2=O)cc1.[HH]. The summed E-state index contributed by atoms with van der Waals surface area (Å²) in [5.74, 6) is -0.207. The van der Waals surface area contributed by atoms with Crippen molar-refractivity contribution >= 4 is 23.4 Å². The average Bonchev–Trinajstić information content (AvgIpc) is 2.44. The molecule has 0 atom stereocenters. The van der Waals surface area contributed by atoms with Gasteiger partial charge in [-0.05, 0) is 24.1 Å². The van der Waals surface area contributed by atoms with E-state index in [1.165, 1.54) is 4.90 Å². The van der Waals surface area contributed by atoms with Crippen LogP contribution in [0.25, 0.3) is 0 Å². The highest BCUT2D eigenvalue weighted by Crippen LogP contribution is 2.14. The van der Waals surface area contributed by atoms with Crippen LogP contribution in [-0.4, -0.2) is 29.2 Å². The minimum absolute atomic E-state index is 0. The van der Waals surface area contributed by atoms with Crippen molar-refractivity contribution in [3.63, 3.8) is 0 Å². The summed E-state index contributed by atoms with van der Waals surface area (Å²) in [6.45, 7) is 2.35. The minimum Gasteiger partial charge on any atom is -0.326 e. The number of carbonyl (C=O) groups excluding carboxylic acids is 3. The Morgan fingerprint density at radius 3 is 2.50 bits per heavy atom. The van der Waals surface area contributed by atoms with Gasteiger partial charge in [0.1, 0.15) is 0 Å². The Labute approximate surface area is 119 Å². The Balaban J connectivity index is 0.00000220. The lowest BCUT2D eigenvalue weighted by Gasteiger charge is -2.28. The monoisotopic (exact) mass is 276 g/mol. The highest BCUT2D eigenvalue weighted by molar-refractivity contribution is 5.99. The number of carbonyl (C=O) groups is 3. The van der Waals surface area contributed by atoms with Crippen LogP contribution in [0.3, 0.4) is 0 Å². The average molecular weight is 276 g/mol. The van der Waals surface area contributed by atoms with Crippen molar-refractivity contribution < 1.29 is 15.8 Å². The minimum atomic E-state index is -0.107. The van der Waals surface area contributed by atoms with Gasteiger partial charge in [0, 0.05) is 32.9 Å². The molecule has 0 saturated carbocycles. The molecule has 0 aliphatic carbocycles. The molecule has 1 N–H and O–H groups in total. The van der Waals surface area contributed by atoms with E-state index in [9.17, 15) is 14.4 Å². The Kier molecular flexibility index (Phi) is 4.50. The van der Waals surface area contributed by atoms with Crippen LogP contribution in [0, 0.1) is 0 Å². The molecule has 5 heteroatoms. The maximum absolute atomic E-state index is 11.7. The molecular weight excluding hydrogens is 256 g/mol. The second-order valence-corrected chi connectivity index (χ2v) is 4.79. The van der Waals surface area contributed by atoms with Crippen LogP contribution in [0.1, 0.15) is 33.2 Å². The summed E-state index contributed by atoms with van der Waals surface area (Å²) >= 11 is 0. The number of benzene rings is 1. The van der Waals surface area contributed by atoms with Gasteiger partial charge >= 0.3 is 0 Å². The molecule has 1 heterocycles. The van der Waals surface area contributed by atoms with Crippen molar-refractivity contribution in [3.05, 3.63) is 29.8 Å². The molecule has 1 fully saturated rings. The van der Waals surface area contributed by atoms with E-state index < -0.39 is 0 Å². The van der Waals surface area contributed by atoms with Gasteiger partial charge in [-0.1, -0.05) is 19.1 Å². The molecule has 1 aromatic carbocycles. The van der Waals surface area contributed by atoms with Gasteiger partial charge < -0.3 is 5.32 Å². The van der Waals surface area contributed by atoms with Crippen LogP contribution in [0.2, 0.25) is 0 Å². The zero-order valence-electron chi connectivity index (χ0n) is 11.5. The van der Waals surface area contributed by atoms with Gasteiger partial charge in [0.05, 0.1) is 0 Å². The lowest BCUT2D eigenvalue weighted by Crippen LogP contribution is -2.47. The smallest absolute Gasteiger partial charge is 0.230 e. The van der Waals surface area contributed by atoms with Crippen LogP contribution in [0.4, 0.5) is 5.69 Å². The molecule has 2 rings (SSSR count). The highest BCUT2D eigenvalue weighted by Gasteiger charge is 2.29. The number of hydrogen-bond donors (Lipinski definition) is 1. The first-order valence-electron chi connectivity index (χ1n) is 6.82. The van der Waals surface area contributed by atoms with Crippen LogP contribution >= 0.6 is 0 Å². The number of imide groups is 1. The first-order valence-corrected chi connectivity index (χ1v) is 6.82. The Hall–Kier alpha value is -2.17. The van der Waals surface area contributed by atoms with Crippen molar-refractivity contribution in [3.8, 4) is 0 Å². The topological polar surface area (TPSA) is 66.5 Å². The lowest BCUT2D eigenvalue weighted by molar-refractivity contribution is -0.152. The molecule has 1 aliphatic heterocycles. The molecule has 0 aromatic heterocycles. The van der Waals surface area contributed by atoms with Gasteiger partial charge in [0.15, 0.2) is 0 Å². The fourth-order valence-electron chi connectivity index (χ4n) is 1.97. The first kappa shape index (κ1) is 14.2. The zero-order chi connectivity index (χ0) is 14.5. The van der Waals surface area contributed by atoms with Crippen molar-refractivity contribution in [2.75, 3.05) is 11.9 Å². The third-order valence-corrected chi connectivity index (χ3v) is 3.34. The molecule has 0 spiro atoms. The number of hydrogen-bond acceptors (Lipinski definition) is 3. The molecule has 1 aromatic rings. The van der Waals surface area contributed by atoms with Gasteiger partial charge in [0.25, 0.3) is 0 Å². The molecular formula is C15H20N2O3. The van der Waals surface area contributed by atoms with Gasteiger partial charge in [-0.15, -0.1) is 0 Å².